The lowest BCUT2D eigenvalue weighted by molar-refractivity contribution is 0.594. The number of halogens is 2. The minimum Gasteiger partial charge on any atom is -0.306 e. The molecular formula is C16H21Cl2N3. The van der Waals surface area contributed by atoms with Gasteiger partial charge < -0.3 is 5.32 Å². The Labute approximate surface area is 136 Å². The molecule has 21 heavy (non-hydrogen) atoms. The van der Waals surface area contributed by atoms with E-state index in [0.29, 0.717) is 10.0 Å². The van der Waals surface area contributed by atoms with Crippen molar-refractivity contribution in [2.24, 2.45) is 7.05 Å². The van der Waals surface area contributed by atoms with Crippen LogP contribution in [-0.4, -0.2) is 16.3 Å². The van der Waals surface area contributed by atoms with Gasteiger partial charge in [-0.2, -0.15) is 5.10 Å². The Kier molecular flexibility index (Phi) is 5.68. The van der Waals surface area contributed by atoms with Crippen LogP contribution in [0.15, 0.2) is 24.4 Å². The monoisotopic (exact) mass is 325 g/mol. The smallest absolute Gasteiger partial charge is 0.0673 e. The predicted molar refractivity (Wildman–Crippen MR) is 89.2 cm³/mol. The maximum absolute atomic E-state index is 6.42. The Balaban J connectivity index is 2.49. The number of benzene rings is 1. The lowest BCUT2D eigenvalue weighted by atomic mass is 9.98. The second-order valence-corrected chi connectivity index (χ2v) is 5.87. The van der Waals surface area contributed by atoms with Crippen molar-refractivity contribution in [3.8, 4) is 0 Å². The van der Waals surface area contributed by atoms with Crippen molar-refractivity contribution in [1.82, 2.24) is 15.1 Å². The summed E-state index contributed by atoms with van der Waals surface area (Å²) in [6.45, 7) is 5.17. The van der Waals surface area contributed by atoms with Crippen molar-refractivity contribution in [2.75, 3.05) is 6.54 Å². The van der Waals surface area contributed by atoms with Gasteiger partial charge in [-0.15, -0.1) is 0 Å². The van der Waals surface area contributed by atoms with Gasteiger partial charge in [0.1, 0.15) is 0 Å². The summed E-state index contributed by atoms with van der Waals surface area (Å²) < 4.78 is 1.85. The number of nitrogens with zero attached hydrogens (tertiary/aromatic N) is 2. The minimum atomic E-state index is 0.0137. The third-order valence-corrected chi connectivity index (χ3v) is 4.31. The van der Waals surface area contributed by atoms with Crippen LogP contribution in [0.5, 0.6) is 0 Å². The highest BCUT2D eigenvalue weighted by molar-refractivity contribution is 6.42. The van der Waals surface area contributed by atoms with Gasteiger partial charge in [0.15, 0.2) is 0 Å². The largest absolute Gasteiger partial charge is 0.306 e. The van der Waals surface area contributed by atoms with Crippen LogP contribution in [0.1, 0.15) is 43.1 Å². The first-order valence-electron chi connectivity index (χ1n) is 7.28. The van der Waals surface area contributed by atoms with Crippen LogP contribution in [0.3, 0.4) is 0 Å². The molecule has 1 aromatic heterocycles. The number of aryl methyl sites for hydroxylation is 2. The lowest BCUT2D eigenvalue weighted by Gasteiger charge is -2.20. The molecule has 1 aromatic carbocycles. The van der Waals surface area contributed by atoms with Gasteiger partial charge >= 0.3 is 0 Å². The van der Waals surface area contributed by atoms with E-state index in [2.05, 4.69) is 30.5 Å². The summed E-state index contributed by atoms with van der Waals surface area (Å²) in [5.74, 6) is 0. The molecule has 0 spiro atoms. The first-order chi connectivity index (χ1) is 10.1. The molecule has 2 aromatic rings. The van der Waals surface area contributed by atoms with Crippen molar-refractivity contribution in [3.63, 3.8) is 0 Å². The molecule has 3 nitrogen and oxygen atoms in total. The van der Waals surface area contributed by atoms with E-state index in [4.69, 9.17) is 23.2 Å². The zero-order chi connectivity index (χ0) is 15.4. The van der Waals surface area contributed by atoms with Crippen LogP contribution < -0.4 is 5.32 Å². The molecule has 1 N–H and O–H groups in total. The SMILES string of the molecule is CCCNC(c1cn(C)nc1CC)c1cccc(Cl)c1Cl. The van der Waals surface area contributed by atoms with Gasteiger partial charge in [0.2, 0.25) is 0 Å². The predicted octanol–water partition coefficient (Wildman–Crippen LogP) is 4.38. The summed E-state index contributed by atoms with van der Waals surface area (Å²) in [4.78, 5) is 0. The van der Waals surface area contributed by atoms with Crippen molar-refractivity contribution in [2.45, 2.75) is 32.7 Å². The molecule has 0 saturated carbocycles. The number of rotatable bonds is 6. The fourth-order valence-corrected chi connectivity index (χ4v) is 2.91. The van der Waals surface area contributed by atoms with Crippen LogP contribution in [-0.2, 0) is 13.5 Å². The highest BCUT2D eigenvalue weighted by Gasteiger charge is 2.22. The number of hydrogen-bond donors (Lipinski definition) is 1. The summed E-state index contributed by atoms with van der Waals surface area (Å²) in [6.07, 6.45) is 4.00. The van der Waals surface area contributed by atoms with Gasteiger partial charge in [-0.25, -0.2) is 0 Å². The lowest BCUT2D eigenvalue weighted by Crippen LogP contribution is -2.24. The Morgan fingerprint density at radius 2 is 2.00 bits per heavy atom. The molecule has 2 rings (SSSR count). The zero-order valence-corrected chi connectivity index (χ0v) is 14.2. The zero-order valence-electron chi connectivity index (χ0n) is 12.7. The van der Waals surface area contributed by atoms with Crippen LogP contribution in [0.25, 0.3) is 0 Å². The molecule has 0 bridgehead atoms. The van der Waals surface area contributed by atoms with Crippen LogP contribution in [0, 0.1) is 0 Å². The van der Waals surface area contributed by atoms with Crippen LogP contribution in [0.2, 0.25) is 10.0 Å². The quantitative estimate of drug-likeness (QED) is 0.854. The first-order valence-corrected chi connectivity index (χ1v) is 8.03. The first kappa shape index (κ1) is 16.3. The molecule has 0 radical (unpaired) electrons. The maximum Gasteiger partial charge on any atom is 0.0673 e. The normalized spacial score (nSPS) is 12.6. The average Bonchev–Trinajstić information content (AvgIpc) is 2.84. The van der Waals surface area contributed by atoms with E-state index >= 15 is 0 Å². The second kappa shape index (κ2) is 7.30. The Hall–Kier alpha value is -1.03. The minimum absolute atomic E-state index is 0.0137. The molecular weight excluding hydrogens is 305 g/mol. The molecule has 1 heterocycles. The molecule has 5 heteroatoms. The van der Waals surface area contributed by atoms with E-state index in [0.717, 1.165) is 36.2 Å². The van der Waals surface area contributed by atoms with Gasteiger partial charge in [0.05, 0.1) is 21.8 Å². The Bertz CT molecular complexity index is 608. The Morgan fingerprint density at radius 3 is 2.67 bits per heavy atom. The number of aromatic nitrogens is 2. The van der Waals surface area contributed by atoms with E-state index in [1.54, 1.807) is 0 Å². The maximum atomic E-state index is 6.42. The van der Waals surface area contributed by atoms with E-state index in [-0.39, 0.29) is 6.04 Å². The van der Waals surface area contributed by atoms with E-state index in [9.17, 15) is 0 Å². The third-order valence-electron chi connectivity index (χ3n) is 3.47. The topological polar surface area (TPSA) is 29.9 Å². The second-order valence-electron chi connectivity index (χ2n) is 5.09. The standard InChI is InChI=1S/C16H21Cl2N3/c1-4-9-19-16(11-7-6-8-13(17)15(11)18)12-10-21(3)20-14(12)5-2/h6-8,10,16,19H,4-5,9H2,1-3H3. The van der Waals surface area contributed by atoms with Crippen LogP contribution in [0.4, 0.5) is 0 Å². The molecule has 0 aliphatic heterocycles. The van der Waals surface area contributed by atoms with Gasteiger partial charge in [0.25, 0.3) is 0 Å². The van der Waals surface area contributed by atoms with Crippen LogP contribution >= 0.6 is 23.2 Å². The van der Waals surface area contributed by atoms with E-state index in [1.807, 2.05) is 29.9 Å². The average molecular weight is 326 g/mol. The summed E-state index contributed by atoms with van der Waals surface area (Å²) in [5, 5.41) is 9.29. The summed E-state index contributed by atoms with van der Waals surface area (Å²) in [7, 11) is 1.94. The molecule has 1 unspecified atom stereocenters. The Morgan fingerprint density at radius 1 is 1.24 bits per heavy atom. The highest BCUT2D eigenvalue weighted by atomic mass is 35.5. The van der Waals surface area contributed by atoms with Gasteiger partial charge in [0, 0.05) is 18.8 Å². The van der Waals surface area contributed by atoms with Gasteiger partial charge in [-0.05, 0) is 31.0 Å². The van der Waals surface area contributed by atoms with Crippen molar-refractivity contribution in [3.05, 3.63) is 51.3 Å². The van der Waals surface area contributed by atoms with Crippen molar-refractivity contribution < 1.29 is 0 Å². The van der Waals surface area contributed by atoms with Crippen molar-refractivity contribution in [1.29, 1.82) is 0 Å². The molecule has 0 aliphatic rings. The molecule has 0 aliphatic carbocycles. The molecule has 114 valence electrons. The van der Waals surface area contributed by atoms with Crippen molar-refractivity contribution >= 4 is 23.2 Å². The third kappa shape index (κ3) is 3.60. The number of hydrogen-bond acceptors (Lipinski definition) is 2. The van der Waals surface area contributed by atoms with Gasteiger partial charge in [-0.3, -0.25) is 4.68 Å². The fourth-order valence-electron chi connectivity index (χ4n) is 2.49. The highest BCUT2D eigenvalue weighted by Crippen LogP contribution is 2.34. The molecule has 0 saturated heterocycles. The molecule has 0 fully saturated rings. The molecule has 0 amide bonds. The fraction of sp³-hybridized carbons (Fsp3) is 0.438. The van der Waals surface area contributed by atoms with E-state index < -0.39 is 0 Å². The summed E-state index contributed by atoms with van der Waals surface area (Å²) in [6, 6.07) is 5.79. The van der Waals surface area contributed by atoms with E-state index in [1.165, 1.54) is 0 Å². The summed E-state index contributed by atoms with van der Waals surface area (Å²) in [5.41, 5.74) is 3.25. The van der Waals surface area contributed by atoms with Gasteiger partial charge in [-0.1, -0.05) is 49.2 Å². The molecule has 1 atom stereocenters. The number of nitrogens with one attached hydrogen (secondary N) is 1. The summed E-state index contributed by atoms with van der Waals surface area (Å²) >= 11 is 12.6.